The van der Waals surface area contributed by atoms with Gasteiger partial charge in [-0.15, -0.1) is 15.3 Å². The summed E-state index contributed by atoms with van der Waals surface area (Å²) in [6.07, 6.45) is 0.430. The van der Waals surface area contributed by atoms with Crippen molar-refractivity contribution >= 4 is 11.5 Å². The Labute approximate surface area is 132 Å². The van der Waals surface area contributed by atoms with Crippen LogP contribution in [0.1, 0.15) is 53.8 Å². The molecule has 0 radical (unpaired) electrons. The lowest BCUT2D eigenvalue weighted by molar-refractivity contribution is 0.135. The molecule has 0 spiro atoms. The molecule has 1 unspecified atom stereocenters. The molecule has 6 nitrogen and oxygen atoms in total. The van der Waals surface area contributed by atoms with E-state index in [0.29, 0.717) is 0 Å². The van der Waals surface area contributed by atoms with Crippen LogP contribution in [0.4, 0.5) is 5.82 Å². The number of anilines is 1. The third-order valence-electron chi connectivity index (χ3n) is 3.53. The van der Waals surface area contributed by atoms with Crippen LogP contribution in [-0.2, 0) is 5.41 Å². The molecule has 2 N–H and O–H groups in total. The second-order valence-corrected chi connectivity index (χ2v) is 7.83. The van der Waals surface area contributed by atoms with Gasteiger partial charge in [0.25, 0.3) is 0 Å². The van der Waals surface area contributed by atoms with Crippen molar-refractivity contribution in [1.29, 1.82) is 0 Å². The lowest BCUT2D eigenvalue weighted by Gasteiger charge is -2.26. The van der Waals surface area contributed by atoms with E-state index in [2.05, 4.69) is 55.2 Å². The summed E-state index contributed by atoms with van der Waals surface area (Å²) in [5.41, 5.74) is 0.625. The molecule has 0 aliphatic carbocycles. The standard InChI is InChI=1S/C16H27N5O/c1-11(22)9-16(5,6)10-17-12-7-8-13-18-19-14(15(2,3)4)21(13)20-12/h7-8,11,22H,9-10H2,1-6H3,(H,17,20). The number of fused-ring (bicyclic) bond motifs is 1. The van der Waals surface area contributed by atoms with E-state index in [0.717, 1.165) is 30.3 Å². The number of aliphatic hydroxyl groups is 1. The smallest absolute Gasteiger partial charge is 0.178 e. The number of hydrogen-bond donors (Lipinski definition) is 2. The largest absolute Gasteiger partial charge is 0.393 e. The van der Waals surface area contributed by atoms with Gasteiger partial charge in [-0.25, -0.2) is 0 Å². The molecule has 2 aromatic heterocycles. The van der Waals surface area contributed by atoms with Crippen molar-refractivity contribution in [1.82, 2.24) is 19.8 Å². The first-order valence-corrected chi connectivity index (χ1v) is 7.73. The minimum atomic E-state index is -0.308. The monoisotopic (exact) mass is 305 g/mol. The van der Waals surface area contributed by atoms with Crippen LogP contribution in [0.2, 0.25) is 0 Å². The van der Waals surface area contributed by atoms with Gasteiger partial charge in [-0.05, 0) is 30.9 Å². The highest BCUT2D eigenvalue weighted by molar-refractivity contribution is 5.44. The molecule has 122 valence electrons. The van der Waals surface area contributed by atoms with Gasteiger partial charge in [0.05, 0.1) is 6.10 Å². The minimum Gasteiger partial charge on any atom is -0.393 e. The fourth-order valence-corrected chi connectivity index (χ4v) is 2.55. The molecule has 2 rings (SSSR count). The molecule has 0 aliphatic heterocycles. The van der Waals surface area contributed by atoms with Crippen LogP contribution in [0.15, 0.2) is 12.1 Å². The van der Waals surface area contributed by atoms with Crippen molar-refractivity contribution in [2.45, 2.75) is 59.5 Å². The maximum Gasteiger partial charge on any atom is 0.178 e. The molecule has 6 heteroatoms. The van der Waals surface area contributed by atoms with E-state index in [9.17, 15) is 5.11 Å². The predicted octanol–water partition coefficient (Wildman–Crippen LogP) is 2.63. The normalized spacial score (nSPS) is 14.3. The van der Waals surface area contributed by atoms with Gasteiger partial charge in [0.2, 0.25) is 0 Å². The zero-order valence-corrected chi connectivity index (χ0v) is 14.4. The SMILES string of the molecule is CC(O)CC(C)(C)CNc1ccc2nnc(C(C)(C)C)n2n1. The van der Waals surface area contributed by atoms with Gasteiger partial charge in [-0.3, -0.25) is 0 Å². The van der Waals surface area contributed by atoms with Crippen molar-refractivity contribution in [2.24, 2.45) is 5.41 Å². The molecule has 0 saturated heterocycles. The number of aliphatic hydroxyl groups excluding tert-OH is 1. The summed E-state index contributed by atoms with van der Waals surface area (Å²) in [7, 11) is 0. The highest BCUT2D eigenvalue weighted by Gasteiger charge is 2.23. The summed E-state index contributed by atoms with van der Waals surface area (Å²) in [4.78, 5) is 0. The number of hydrogen-bond acceptors (Lipinski definition) is 5. The van der Waals surface area contributed by atoms with Gasteiger partial charge in [0.15, 0.2) is 11.5 Å². The summed E-state index contributed by atoms with van der Waals surface area (Å²) in [6.45, 7) is 13.1. The van der Waals surface area contributed by atoms with E-state index in [1.165, 1.54) is 0 Å². The third-order valence-corrected chi connectivity index (χ3v) is 3.53. The Morgan fingerprint density at radius 1 is 1.18 bits per heavy atom. The Balaban J connectivity index is 2.19. The van der Waals surface area contributed by atoms with Crippen LogP contribution >= 0.6 is 0 Å². The van der Waals surface area contributed by atoms with Crippen LogP contribution in [0, 0.1) is 5.41 Å². The van der Waals surface area contributed by atoms with Gasteiger partial charge in [0.1, 0.15) is 5.82 Å². The Morgan fingerprint density at radius 3 is 2.45 bits per heavy atom. The fourth-order valence-electron chi connectivity index (χ4n) is 2.55. The van der Waals surface area contributed by atoms with Crippen molar-refractivity contribution in [3.63, 3.8) is 0 Å². The Hall–Kier alpha value is -1.69. The molecule has 0 aliphatic rings. The summed E-state index contributed by atoms with van der Waals surface area (Å²) >= 11 is 0. The average Bonchev–Trinajstić information content (AvgIpc) is 2.77. The molecule has 22 heavy (non-hydrogen) atoms. The molecule has 1 atom stereocenters. The number of nitrogens with zero attached hydrogens (tertiary/aromatic N) is 4. The molecular weight excluding hydrogens is 278 g/mol. The fraction of sp³-hybridized carbons (Fsp3) is 0.688. The summed E-state index contributed by atoms with van der Waals surface area (Å²) in [6, 6.07) is 3.83. The van der Waals surface area contributed by atoms with Gasteiger partial charge in [-0.2, -0.15) is 4.52 Å². The summed E-state index contributed by atoms with van der Waals surface area (Å²) in [5.74, 6) is 1.63. The van der Waals surface area contributed by atoms with E-state index < -0.39 is 0 Å². The first kappa shape index (κ1) is 16.7. The van der Waals surface area contributed by atoms with E-state index in [1.54, 1.807) is 4.52 Å². The molecule has 2 aromatic rings. The van der Waals surface area contributed by atoms with Crippen LogP contribution in [0.25, 0.3) is 5.65 Å². The van der Waals surface area contributed by atoms with Gasteiger partial charge >= 0.3 is 0 Å². The first-order chi connectivity index (χ1) is 10.1. The highest BCUT2D eigenvalue weighted by atomic mass is 16.3. The lowest BCUT2D eigenvalue weighted by Crippen LogP contribution is -2.27. The Morgan fingerprint density at radius 2 is 1.86 bits per heavy atom. The highest BCUT2D eigenvalue weighted by Crippen LogP contribution is 2.24. The average molecular weight is 305 g/mol. The number of rotatable bonds is 5. The van der Waals surface area contributed by atoms with Crippen LogP contribution in [-0.4, -0.2) is 37.6 Å². The topological polar surface area (TPSA) is 75.3 Å². The van der Waals surface area contributed by atoms with E-state index >= 15 is 0 Å². The van der Waals surface area contributed by atoms with Crippen molar-refractivity contribution in [3.05, 3.63) is 18.0 Å². The summed E-state index contributed by atoms with van der Waals surface area (Å²) < 4.78 is 1.80. The van der Waals surface area contributed by atoms with Crippen LogP contribution in [0.5, 0.6) is 0 Å². The maximum absolute atomic E-state index is 9.56. The molecule has 2 heterocycles. The molecular formula is C16H27N5O. The predicted molar refractivity (Wildman–Crippen MR) is 88.1 cm³/mol. The lowest BCUT2D eigenvalue weighted by atomic mass is 9.87. The Bertz CT molecular complexity index is 640. The molecule has 0 aromatic carbocycles. The van der Waals surface area contributed by atoms with Gasteiger partial charge in [-0.1, -0.05) is 34.6 Å². The third kappa shape index (κ3) is 3.94. The van der Waals surface area contributed by atoms with Crippen molar-refractivity contribution in [2.75, 3.05) is 11.9 Å². The maximum atomic E-state index is 9.56. The van der Waals surface area contributed by atoms with Crippen molar-refractivity contribution < 1.29 is 5.11 Å². The second-order valence-electron chi connectivity index (χ2n) is 7.83. The van der Waals surface area contributed by atoms with Gasteiger partial charge in [0, 0.05) is 12.0 Å². The molecule has 0 amide bonds. The van der Waals surface area contributed by atoms with Gasteiger partial charge < -0.3 is 10.4 Å². The van der Waals surface area contributed by atoms with E-state index in [1.807, 2.05) is 19.1 Å². The van der Waals surface area contributed by atoms with Crippen LogP contribution in [0.3, 0.4) is 0 Å². The Kier molecular flexibility index (Phi) is 4.42. The molecule has 0 bridgehead atoms. The zero-order valence-electron chi connectivity index (χ0n) is 14.4. The minimum absolute atomic E-state index is 0.00908. The molecule has 0 saturated carbocycles. The zero-order chi connectivity index (χ0) is 16.5. The quantitative estimate of drug-likeness (QED) is 0.888. The number of aromatic nitrogens is 4. The summed E-state index contributed by atoms with van der Waals surface area (Å²) in [5, 5.41) is 25.9. The van der Waals surface area contributed by atoms with Crippen LogP contribution < -0.4 is 5.32 Å². The van der Waals surface area contributed by atoms with E-state index in [4.69, 9.17) is 0 Å². The second kappa shape index (κ2) is 5.83. The van der Waals surface area contributed by atoms with E-state index in [-0.39, 0.29) is 16.9 Å². The molecule has 0 fully saturated rings. The number of nitrogens with one attached hydrogen (secondary N) is 1. The van der Waals surface area contributed by atoms with Crippen molar-refractivity contribution in [3.8, 4) is 0 Å². The first-order valence-electron chi connectivity index (χ1n) is 7.73.